The van der Waals surface area contributed by atoms with Gasteiger partial charge in [0.25, 0.3) is 5.56 Å². The number of benzene rings is 1. The first-order valence-corrected chi connectivity index (χ1v) is 6.84. The topological polar surface area (TPSA) is 96.2 Å². The number of rotatable bonds is 5. The molecule has 1 heterocycles. The highest BCUT2D eigenvalue weighted by Crippen LogP contribution is 2.03. The van der Waals surface area contributed by atoms with Crippen LogP contribution in [0.25, 0.3) is 0 Å². The predicted molar refractivity (Wildman–Crippen MR) is 82.7 cm³/mol. The predicted octanol–water partition coefficient (Wildman–Crippen LogP) is 0.505. The SMILES string of the molecule is Cn1ccnc(NC(=O)N[C@@H](CO)Cc2ccccc2)c1=O. The van der Waals surface area contributed by atoms with Crippen LogP contribution in [0.5, 0.6) is 0 Å². The van der Waals surface area contributed by atoms with Gasteiger partial charge < -0.3 is 15.0 Å². The summed E-state index contributed by atoms with van der Waals surface area (Å²) in [5.41, 5.74) is 0.594. The first-order chi connectivity index (χ1) is 10.6. The maximum absolute atomic E-state index is 11.9. The van der Waals surface area contributed by atoms with E-state index in [0.29, 0.717) is 6.42 Å². The van der Waals surface area contributed by atoms with Gasteiger partial charge in [-0.05, 0) is 12.0 Å². The molecule has 2 rings (SSSR count). The van der Waals surface area contributed by atoms with E-state index in [0.717, 1.165) is 5.56 Å². The number of nitrogens with zero attached hydrogens (tertiary/aromatic N) is 2. The molecule has 7 heteroatoms. The Morgan fingerprint density at radius 1 is 1.36 bits per heavy atom. The van der Waals surface area contributed by atoms with E-state index in [4.69, 9.17) is 0 Å². The summed E-state index contributed by atoms with van der Waals surface area (Å²) in [5, 5.41) is 14.4. The second-order valence-electron chi connectivity index (χ2n) is 4.86. The summed E-state index contributed by atoms with van der Waals surface area (Å²) < 4.78 is 1.32. The molecule has 0 unspecified atom stereocenters. The lowest BCUT2D eigenvalue weighted by molar-refractivity contribution is 0.224. The van der Waals surface area contributed by atoms with Crippen LogP contribution in [-0.4, -0.2) is 33.3 Å². The van der Waals surface area contributed by atoms with Crippen molar-refractivity contribution in [2.45, 2.75) is 12.5 Å². The Labute approximate surface area is 127 Å². The molecule has 1 atom stereocenters. The number of amides is 2. The molecule has 0 aliphatic heterocycles. The smallest absolute Gasteiger partial charge is 0.320 e. The van der Waals surface area contributed by atoms with Crippen LogP contribution in [0.1, 0.15) is 5.56 Å². The van der Waals surface area contributed by atoms with Gasteiger partial charge in [-0.15, -0.1) is 0 Å². The van der Waals surface area contributed by atoms with Crippen molar-refractivity contribution >= 4 is 11.8 Å². The number of aromatic nitrogens is 2. The summed E-state index contributed by atoms with van der Waals surface area (Å²) in [7, 11) is 1.57. The molecule has 2 aromatic rings. The molecule has 116 valence electrons. The highest BCUT2D eigenvalue weighted by molar-refractivity contribution is 5.88. The fraction of sp³-hybridized carbons (Fsp3) is 0.267. The van der Waals surface area contributed by atoms with Gasteiger partial charge in [-0.25, -0.2) is 9.78 Å². The monoisotopic (exact) mass is 302 g/mol. The Morgan fingerprint density at radius 2 is 2.09 bits per heavy atom. The Hall–Kier alpha value is -2.67. The second-order valence-corrected chi connectivity index (χ2v) is 4.86. The van der Waals surface area contributed by atoms with Crippen molar-refractivity contribution in [1.82, 2.24) is 14.9 Å². The molecule has 22 heavy (non-hydrogen) atoms. The summed E-state index contributed by atoms with van der Waals surface area (Å²) in [6, 6.07) is 8.48. The largest absolute Gasteiger partial charge is 0.394 e. The van der Waals surface area contributed by atoms with E-state index in [1.807, 2.05) is 30.3 Å². The van der Waals surface area contributed by atoms with Gasteiger partial charge in [-0.1, -0.05) is 30.3 Å². The van der Waals surface area contributed by atoms with Gasteiger partial charge >= 0.3 is 6.03 Å². The number of nitrogens with one attached hydrogen (secondary N) is 2. The van der Waals surface area contributed by atoms with Crippen LogP contribution in [0, 0.1) is 0 Å². The molecule has 0 bridgehead atoms. The Balaban J connectivity index is 1.97. The summed E-state index contributed by atoms with van der Waals surface area (Å²) in [6.45, 7) is -0.206. The van der Waals surface area contributed by atoms with Crippen LogP contribution in [0.4, 0.5) is 10.6 Å². The summed E-state index contributed by atoms with van der Waals surface area (Å²) in [5.74, 6) is -0.0566. The van der Waals surface area contributed by atoms with Crippen molar-refractivity contribution in [1.29, 1.82) is 0 Å². The molecule has 7 nitrogen and oxygen atoms in total. The third-order valence-electron chi connectivity index (χ3n) is 3.13. The fourth-order valence-electron chi connectivity index (χ4n) is 1.97. The van der Waals surface area contributed by atoms with Gasteiger partial charge in [0.05, 0.1) is 12.6 Å². The third-order valence-corrected chi connectivity index (χ3v) is 3.13. The highest BCUT2D eigenvalue weighted by atomic mass is 16.3. The van der Waals surface area contributed by atoms with E-state index in [1.54, 1.807) is 7.05 Å². The second kappa shape index (κ2) is 7.37. The van der Waals surface area contributed by atoms with E-state index >= 15 is 0 Å². The fourth-order valence-corrected chi connectivity index (χ4v) is 1.97. The third kappa shape index (κ3) is 4.16. The molecular formula is C15H18N4O3. The maximum Gasteiger partial charge on any atom is 0.320 e. The number of hydrogen-bond donors (Lipinski definition) is 3. The van der Waals surface area contributed by atoms with Crippen LogP contribution >= 0.6 is 0 Å². The normalized spacial score (nSPS) is 11.7. The quantitative estimate of drug-likeness (QED) is 0.749. The lowest BCUT2D eigenvalue weighted by Gasteiger charge is -2.16. The molecule has 1 aromatic carbocycles. The number of anilines is 1. The minimum Gasteiger partial charge on any atom is -0.394 e. The first-order valence-electron chi connectivity index (χ1n) is 6.84. The average molecular weight is 302 g/mol. The molecule has 2 amide bonds. The lowest BCUT2D eigenvalue weighted by atomic mass is 10.1. The van der Waals surface area contributed by atoms with Crippen LogP contribution in [0.15, 0.2) is 47.5 Å². The zero-order valence-electron chi connectivity index (χ0n) is 12.2. The van der Waals surface area contributed by atoms with Crippen LogP contribution < -0.4 is 16.2 Å². The van der Waals surface area contributed by atoms with Gasteiger partial charge in [0, 0.05) is 19.4 Å². The van der Waals surface area contributed by atoms with E-state index in [-0.39, 0.29) is 12.4 Å². The Kier molecular flexibility index (Phi) is 5.26. The maximum atomic E-state index is 11.9. The minimum absolute atomic E-state index is 0.0566. The molecule has 0 aliphatic rings. The summed E-state index contributed by atoms with van der Waals surface area (Å²) in [4.78, 5) is 27.5. The van der Waals surface area contributed by atoms with Crippen molar-refractivity contribution in [2.24, 2.45) is 7.05 Å². The number of carbonyl (C=O) groups excluding carboxylic acids is 1. The van der Waals surface area contributed by atoms with Gasteiger partial charge in [-0.3, -0.25) is 10.1 Å². The van der Waals surface area contributed by atoms with Gasteiger partial charge in [-0.2, -0.15) is 0 Å². The highest BCUT2D eigenvalue weighted by Gasteiger charge is 2.14. The zero-order chi connectivity index (χ0) is 15.9. The van der Waals surface area contributed by atoms with Crippen LogP contribution in [0.3, 0.4) is 0 Å². The van der Waals surface area contributed by atoms with Crippen molar-refractivity contribution in [3.05, 3.63) is 58.6 Å². The molecule has 0 aliphatic carbocycles. The number of aryl methyl sites for hydroxylation is 1. The minimum atomic E-state index is -0.578. The average Bonchev–Trinajstić information content (AvgIpc) is 2.52. The number of aliphatic hydroxyl groups excluding tert-OH is 1. The van der Waals surface area contributed by atoms with Crippen molar-refractivity contribution in [3.63, 3.8) is 0 Å². The molecule has 3 N–H and O–H groups in total. The molecular weight excluding hydrogens is 284 g/mol. The van der Waals surface area contributed by atoms with E-state index in [1.165, 1.54) is 17.0 Å². The van der Waals surface area contributed by atoms with Crippen molar-refractivity contribution in [2.75, 3.05) is 11.9 Å². The Morgan fingerprint density at radius 3 is 2.77 bits per heavy atom. The van der Waals surface area contributed by atoms with E-state index < -0.39 is 17.6 Å². The molecule has 0 saturated heterocycles. The number of hydrogen-bond acceptors (Lipinski definition) is 4. The first kappa shape index (κ1) is 15.7. The molecule has 1 aromatic heterocycles. The van der Waals surface area contributed by atoms with Gasteiger partial charge in [0.2, 0.25) is 5.82 Å². The molecule has 0 saturated carbocycles. The number of carbonyl (C=O) groups is 1. The van der Waals surface area contributed by atoms with Crippen molar-refractivity contribution < 1.29 is 9.90 Å². The van der Waals surface area contributed by atoms with Gasteiger partial charge in [0.1, 0.15) is 0 Å². The summed E-state index contributed by atoms with van der Waals surface area (Å²) >= 11 is 0. The molecule has 0 spiro atoms. The van der Waals surface area contributed by atoms with Crippen LogP contribution in [0.2, 0.25) is 0 Å². The van der Waals surface area contributed by atoms with Crippen molar-refractivity contribution in [3.8, 4) is 0 Å². The molecule has 0 fully saturated rings. The van der Waals surface area contributed by atoms with E-state index in [9.17, 15) is 14.7 Å². The molecule has 0 radical (unpaired) electrons. The number of urea groups is 1. The standard InChI is InChI=1S/C15H18N4O3/c1-19-8-7-16-13(14(19)21)18-15(22)17-12(10-20)9-11-5-3-2-4-6-11/h2-8,12,20H,9-10H2,1H3,(H2,16,17,18,22)/t12-/m1/s1. The lowest BCUT2D eigenvalue weighted by Crippen LogP contribution is -2.42. The number of aliphatic hydroxyl groups is 1. The Bertz CT molecular complexity index is 685. The van der Waals surface area contributed by atoms with Gasteiger partial charge in [0.15, 0.2) is 0 Å². The summed E-state index contributed by atoms with van der Waals surface area (Å²) in [6.07, 6.45) is 3.41. The van der Waals surface area contributed by atoms with E-state index in [2.05, 4.69) is 15.6 Å². The zero-order valence-corrected chi connectivity index (χ0v) is 12.2. The van der Waals surface area contributed by atoms with Crippen LogP contribution in [-0.2, 0) is 13.5 Å².